The third-order valence-electron chi connectivity index (χ3n) is 3.92. The van der Waals surface area contributed by atoms with Gasteiger partial charge in [0.15, 0.2) is 0 Å². The zero-order chi connectivity index (χ0) is 15.4. The maximum absolute atomic E-state index is 12.1. The maximum atomic E-state index is 12.1. The molecule has 1 amide bonds. The van der Waals surface area contributed by atoms with E-state index in [9.17, 15) is 4.79 Å². The predicted octanol–water partition coefficient (Wildman–Crippen LogP) is 3.00. The van der Waals surface area contributed by atoms with Gasteiger partial charge in [0.2, 0.25) is 0 Å². The average molecular weight is 316 g/mol. The van der Waals surface area contributed by atoms with Crippen LogP contribution in [0, 0.1) is 6.92 Å². The Morgan fingerprint density at radius 3 is 2.59 bits per heavy atom. The molecule has 1 aliphatic rings. The monoisotopic (exact) mass is 316 g/mol. The first-order valence-electron chi connectivity index (χ1n) is 7.61. The van der Waals surface area contributed by atoms with E-state index >= 15 is 0 Å². The van der Waals surface area contributed by atoms with Gasteiger partial charge < -0.3 is 10.6 Å². The molecule has 1 saturated carbocycles. The smallest absolute Gasteiger partial charge is 0.263 e. The van der Waals surface area contributed by atoms with E-state index in [-0.39, 0.29) is 11.9 Å². The summed E-state index contributed by atoms with van der Waals surface area (Å²) in [6.45, 7) is 1.91. The molecule has 2 heterocycles. The van der Waals surface area contributed by atoms with Gasteiger partial charge in [-0.3, -0.25) is 4.79 Å². The normalized spacial score (nSPS) is 21.3. The Labute approximate surface area is 134 Å². The summed E-state index contributed by atoms with van der Waals surface area (Å²) in [5.74, 6) is 0.932. The molecule has 1 aliphatic carbocycles. The number of carbonyl (C=O) groups is 1. The molecule has 116 valence electrons. The van der Waals surface area contributed by atoms with Crippen LogP contribution >= 0.6 is 11.3 Å². The van der Waals surface area contributed by atoms with Crippen LogP contribution < -0.4 is 10.6 Å². The first-order valence-corrected chi connectivity index (χ1v) is 8.43. The summed E-state index contributed by atoms with van der Waals surface area (Å²) in [6, 6.07) is 6.59. The highest BCUT2D eigenvalue weighted by molar-refractivity contribution is 7.13. The van der Waals surface area contributed by atoms with Crippen LogP contribution in [0.2, 0.25) is 0 Å². The SMILES string of the molecule is Cc1ncc(C(=O)NC2CCC(Nc3ccccn3)CC2)s1. The molecule has 3 rings (SSSR count). The minimum Gasteiger partial charge on any atom is -0.367 e. The molecular weight excluding hydrogens is 296 g/mol. The number of anilines is 1. The number of pyridine rings is 1. The minimum atomic E-state index is 0.00624. The van der Waals surface area contributed by atoms with Crippen LogP contribution in [0.1, 0.15) is 40.4 Å². The minimum absolute atomic E-state index is 0.00624. The molecule has 0 saturated heterocycles. The van der Waals surface area contributed by atoms with Crippen LogP contribution in [0.3, 0.4) is 0 Å². The van der Waals surface area contributed by atoms with Crippen LogP contribution in [0.5, 0.6) is 0 Å². The van der Waals surface area contributed by atoms with Gasteiger partial charge in [-0.05, 0) is 44.7 Å². The number of carbonyl (C=O) groups excluding carboxylic acids is 1. The first-order chi connectivity index (χ1) is 10.7. The molecule has 0 unspecified atom stereocenters. The highest BCUT2D eigenvalue weighted by Crippen LogP contribution is 2.22. The Hall–Kier alpha value is -1.95. The average Bonchev–Trinajstić information content (AvgIpc) is 2.97. The summed E-state index contributed by atoms with van der Waals surface area (Å²) in [5.41, 5.74) is 0. The third kappa shape index (κ3) is 3.82. The summed E-state index contributed by atoms with van der Waals surface area (Å²) in [6.07, 6.45) is 7.53. The molecule has 2 aromatic rings. The summed E-state index contributed by atoms with van der Waals surface area (Å²) in [4.78, 5) is 21.3. The molecule has 0 bridgehead atoms. The number of hydrogen-bond acceptors (Lipinski definition) is 5. The quantitative estimate of drug-likeness (QED) is 0.910. The van der Waals surface area contributed by atoms with Gasteiger partial charge in [0.25, 0.3) is 5.91 Å². The number of rotatable bonds is 4. The summed E-state index contributed by atoms with van der Waals surface area (Å²) >= 11 is 1.44. The molecule has 2 N–H and O–H groups in total. The molecule has 2 aromatic heterocycles. The third-order valence-corrected chi connectivity index (χ3v) is 4.84. The molecule has 0 radical (unpaired) electrons. The molecule has 22 heavy (non-hydrogen) atoms. The second kappa shape index (κ2) is 6.87. The van der Waals surface area contributed by atoms with Crippen LogP contribution in [0.4, 0.5) is 5.82 Å². The van der Waals surface area contributed by atoms with Crippen molar-refractivity contribution in [2.24, 2.45) is 0 Å². The largest absolute Gasteiger partial charge is 0.367 e. The molecule has 0 aromatic carbocycles. The van der Waals surface area contributed by atoms with E-state index in [0.29, 0.717) is 10.9 Å². The van der Waals surface area contributed by atoms with Crippen molar-refractivity contribution >= 4 is 23.1 Å². The lowest BCUT2D eigenvalue weighted by atomic mass is 9.91. The Morgan fingerprint density at radius 1 is 1.18 bits per heavy atom. The van der Waals surface area contributed by atoms with E-state index in [1.165, 1.54) is 11.3 Å². The van der Waals surface area contributed by atoms with Gasteiger partial charge in [0.05, 0.1) is 11.2 Å². The van der Waals surface area contributed by atoms with Crippen molar-refractivity contribution < 1.29 is 4.79 Å². The Bertz CT molecular complexity index is 620. The topological polar surface area (TPSA) is 66.9 Å². The number of thiazole rings is 1. The lowest BCUT2D eigenvalue weighted by molar-refractivity contribution is 0.0930. The number of nitrogens with one attached hydrogen (secondary N) is 2. The molecule has 1 fully saturated rings. The van der Waals surface area contributed by atoms with Crippen LogP contribution in [0.15, 0.2) is 30.6 Å². The van der Waals surface area contributed by atoms with E-state index < -0.39 is 0 Å². The van der Waals surface area contributed by atoms with Crippen LogP contribution in [0.25, 0.3) is 0 Å². The Balaban J connectivity index is 1.46. The van der Waals surface area contributed by atoms with E-state index in [0.717, 1.165) is 36.5 Å². The standard InChI is InChI=1S/C16H20N4OS/c1-11-18-10-14(22-11)16(21)20-13-7-5-12(6-8-13)19-15-4-2-3-9-17-15/h2-4,9-10,12-13H,5-8H2,1H3,(H,17,19)(H,20,21). The zero-order valence-electron chi connectivity index (χ0n) is 12.6. The summed E-state index contributed by atoms with van der Waals surface area (Å²) in [5, 5.41) is 7.50. The summed E-state index contributed by atoms with van der Waals surface area (Å²) < 4.78 is 0. The van der Waals surface area contributed by atoms with Gasteiger partial charge in [-0.1, -0.05) is 6.07 Å². The molecule has 0 atom stereocenters. The molecular formula is C16H20N4OS. The Morgan fingerprint density at radius 2 is 1.95 bits per heavy atom. The Kier molecular flexibility index (Phi) is 4.68. The van der Waals surface area contributed by atoms with Crippen molar-refractivity contribution in [1.29, 1.82) is 0 Å². The van der Waals surface area contributed by atoms with Gasteiger partial charge in [-0.25, -0.2) is 9.97 Å². The fourth-order valence-corrected chi connectivity index (χ4v) is 3.44. The molecule has 6 heteroatoms. The zero-order valence-corrected chi connectivity index (χ0v) is 13.4. The van der Waals surface area contributed by atoms with Gasteiger partial charge in [-0.15, -0.1) is 11.3 Å². The summed E-state index contributed by atoms with van der Waals surface area (Å²) in [7, 11) is 0. The van der Waals surface area contributed by atoms with Crippen molar-refractivity contribution in [1.82, 2.24) is 15.3 Å². The molecule has 0 spiro atoms. The first kappa shape index (κ1) is 15.0. The van der Waals surface area contributed by atoms with E-state index in [2.05, 4.69) is 20.6 Å². The predicted molar refractivity (Wildman–Crippen MR) is 88.2 cm³/mol. The molecule has 0 aliphatic heterocycles. The van der Waals surface area contributed by atoms with Gasteiger partial charge in [0.1, 0.15) is 10.7 Å². The van der Waals surface area contributed by atoms with Crippen molar-refractivity contribution in [3.8, 4) is 0 Å². The van der Waals surface area contributed by atoms with Crippen LogP contribution in [-0.2, 0) is 0 Å². The number of aryl methyl sites for hydroxylation is 1. The van der Waals surface area contributed by atoms with Gasteiger partial charge in [-0.2, -0.15) is 0 Å². The second-order valence-electron chi connectivity index (χ2n) is 5.62. The van der Waals surface area contributed by atoms with Crippen molar-refractivity contribution in [2.75, 3.05) is 5.32 Å². The lowest BCUT2D eigenvalue weighted by Crippen LogP contribution is -2.40. The highest BCUT2D eigenvalue weighted by atomic mass is 32.1. The highest BCUT2D eigenvalue weighted by Gasteiger charge is 2.23. The van der Waals surface area contributed by atoms with Crippen molar-refractivity contribution in [3.63, 3.8) is 0 Å². The number of nitrogens with zero attached hydrogens (tertiary/aromatic N) is 2. The van der Waals surface area contributed by atoms with E-state index in [1.807, 2.05) is 25.1 Å². The van der Waals surface area contributed by atoms with E-state index in [1.54, 1.807) is 12.4 Å². The molecule has 5 nitrogen and oxygen atoms in total. The maximum Gasteiger partial charge on any atom is 0.263 e. The van der Waals surface area contributed by atoms with Crippen molar-refractivity contribution in [3.05, 3.63) is 40.5 Å². The van der Waals surface area contributed by atoms with Gasteiger partial charge >= 0.3 is 0 Å². The van der Waals surface area contributed by atoms with Crippen LogP contribution in [-0.4, -0.2) is 28.0 Å². The fraction of sp³-hybridized carbons (Fsp3) is 0.438. The van der Waals surface area contributed by atoms with Crippen molar-refractivity contribution in [2.45, 2.75) is 44.7 Å². The van der Waals surface area contributed by atoms with Gasteiger partial charge in [0, 0.05) is 18.3 Å². The van der Waals surface area contributed by atoms with E-state index in [4.69, 9.17) is 0 Å². The lowest BCUT2D eigenvalue weighted by Gasteiger charge is -2.29. The number of aromatic nitrogens is 2. The number of amides is 1. The fourth-order valence-electron chi connectivity index (χ4n) is 2.76. The number of hydrogen-bond donors (Lipinski definition) is 2. The second-order valence-corrected chi connectivity index (χ2v) is 6.86.